The van der Waals surface area contributed by atoms with Crippen LogP contribution in [0.5, 0.6) is 0 Å². The van der Waals surface area contributed by atoms with Gasteiger partial charge in [-0.1, -0.05) is 35.5 Å². The number of aromatic amines is 1. The third-order valence-electron chi connectivity index (χ3n) is 3.11. The molecule has 3 rings (SSSR count). The van der Waals surface area contributed by atoms with Gasteiger partial charge in [0, 0.05) is 5.56 Å². The second-order valence-corrected chi connectivity index (χ2v) is 5.01. The van der Waals surface area contributed by atoms with Gasteiger partial charge >= 0.3 is 0 Å². The number of ether oxygens (including phenoxy) is 1. The van der Waals surface area contributed by atoms with Gasteiger partial charge in [-0.05, 0) is 6.07 Å². The van der Waals surface area contributed by atoms with Gasteiger partial charge in [0.05, 0.1) is 30.7 Å². The van der Waals surface area contributed by atoms with E-state index in [0.29, 0.717) is 12.2 Å². The van der Waals surface area contributed by atoms with Crippen LogP contribution in [0.4, 0.5) is 0 Å². The Labute approximate surface area is 132 Å². The second kappa shape index (κ2) is 6.84. The number of carbonyl (C=O) groups is 1. The fourth-order valence-electron chi connectivity index (χ4n) is 2.11. The number of benzene rings is 1. The molecule has 8 heteroatoms. The maximum atomic E-state index is 10.6. The van der Waals surface area contributed by atoms with Gasteiger partial charge in [0.1, 0.15) is 12.3 Å². The molecule has 3 aromatic rings. The van der Waals surface area contributed by atoms with Crippen molar-refractivity contribution in [2.24, 2.45) is 5.73 Å². The van der Waals surface area contributed by atoms with E-state index in [1.165, 1.54) is 0 Å². The highest BCUT2D eigenvalue weighted by Crippen LogP contribution is 2.17. The number of rotatable bonds is 7. The first-order valence-electron chi connectivity index (χ1n) is 7.05. The number of nitrogens with one attached hydrogen (secondary N) is 1. The molecule has 0 aliphatic rings. The van der Waals surface area contributed by atoms with E-state index in [-0.39, 0.29) is 13.2 Å². The molecule has 0 aliphatic heterocycles. The van der Waals surface area contributed by atoms with Crippen LogP contribution in [0.25, 0.3) is 11.3 Å². The standard InChI is InChI=1S/C15H16N6O2/c16-15(22)10-23-9-13-8-21(20-18-13)7-12-6-14(19-17-12)11-4-2-1-3-5-11/h1-6,8H,7,9-10H2,(H2,16,22)(H,17,19). The summed E-state index contributed by atoms with van der Waals surface area (Å²) in [6.07, 6.45) is 1.75. The quantitative estimate of drug-likeness (QED) is 0.667. The Hall–Kier alpha value is -3.00. The Bertz CT molecular complexity index is 780. The van der Waals surface area contributed by atoms with E-state index in [1.54, 1.807) is 10.9 Å². The van der Waals surface area contributed by atoms with Crippen LogP contribution >= 0.6 is 0 Å². The predicted octanol–water partition coefficient (Wildman–Crippen LogP) is 0.718. The minimum absolute atomic E-state index is 0.131. The molecule has 1 amide bonds. The number of primary amides is 1. The van der Waals surface area contributed by atoms with E-state index in [0.717, 1.165) is 17.0 Å². The van der Waals surface area contributed by atoms with E-state index in [1.807, 2.05) is 36.4 Å². The maximum Gasteiger partial charge on any atom is 0.243 e. The summed E-state index contributed by atoms with van der Waals surface area (Å²) in [5, 5.41) is 15.3. The monoisotopic (exact) mass is 312 g/mol. The third kappa shape index (κ3) is 4.01. The number of hydrogen-bond donors (Lipinski definition) is 2. The summed E-state index contributed by atoms with van der Waals surface area (Å²) in [7, 11) is 0. The topological polar surface area (TPSA) is 112 Å². The maximum absolute atomic E-state index is 10.6. The average Bonchev–Trinajstić information content (AvgIpc) is 3.18. The molecule has 0 atom stereocenters. The lowest BCUT2D eigenvalue weighted by molar-refractivity contribution is -0.122. The van der Waals surface area contributed by atoms with Gasteiger partial charge < -0.3 is 10.5 Å². The number of nitrogens with zero attached hydrogens (tertiary/aromatic N) is 4. The van der Waals surface area contributed by atoms with Gasteiger partial charge in [-0.15, -0.1) is 5.10 Å². The van der Waals surface area contributed by atoms with Crippen LogP contribution in [0.3, 0.4) is 0 Å². The van der Waals surface area contributed by atoms with Crippen molar-refractivity contribution in [3.05, 3.63) is 54.0 Å². The van der Waals surface area contributed by atoms with Crippen LogP contribution in [0.15, 0.2) is 42.6 Å². The number of hydrogen-bond acceptors (Lipinski definition) is 5. The molecular weight excluding hydrogens is 296 g/mol. The van der Waals surface area contributed by atoms with E-state index >= 15 is 0 Å². The first-order chi connectivity index (χ1) is 11.2. The molecule has 2 heterocycles. The molecular formula is C15H16N6O2. The van der Waals surface area contributed by atoms with Crippen LogP contribution in [0.2, 0.25) is 0 Å². The van der Waals surface area contributed by atoms with Gasteiger partial charge in [-0.25, -0.2) is 4.68 Å². The summed E-state index contributed by atoms with van der Waals surface area (Å²) >= 11 is 0. The van der Waals surface area contributed by atoms with Gasteiger partial charge in [-0.2, -0.15) is 5.10 Å². The Morgan fingerprint density at radius 3 is 2.91 bits per heavy atom. The molecule has 0 saturated carbocycles. The highest BCUT2D eigenvalue weighted by atomic mass is 16.5. The Balaban J connectivity index is 1.61. The first-order valence-corrected chi connectivity index (χ1v) is 7.05. The Kier molecular flexibility index (Phi) is 4.44. The number of aromatic nitrogens is 5. The van der Waals surface area contributed by atoms with Crippen molar-refractivity contribution in [1.82, 2.24) is 25.2 Å². The molecule has 0 unspecified atom stereocenters. The van der Waals surface area contributed by atoms with Crippen LogP contribution in [0, 0.1) is 0 Å². The largest absolute Gasteiger partial charge is 0.368 e. The SMILES string of the molecule is NC(=O)COCc1cn(Cc2cc(-c3ccccc3)n[nH]2)nn1. The molecule has 0 saturated heterocycles. The van der Waals surface area contributed by atoms with E-state index in [9.17, 15) is 4.79 Å². The zero-order chi connectivity index (χ0) is 16.1. The summed E-state index contributed by atoms with van der Waals surface area (Å²) in [6, 6.07) is 11.9. The van der Waals surface area contributed by atoms with Crippen LogP contribution < -0.4 is 5.73 Å². The zero-order valence-corrected chi connectivity index (χ0v) is 12.3. The van der Waals surface area contributed by atoms with Crippen LogP contribution in [-0.2, 0) is 22.7 Å². The number of nitrogens with two attached hydrogens (primary N) is 1. The highest BCUT2D eigenvalue weighted by Gasteiger charge is 2.06. The average molecular weight is 312 g/mol. The molecule has 118 valence electrons. The fraction of sp³-hybridized carbons (Fsp3) is 0.200. The molecule has 0 spiro atoms. The third-order valence-corrected chi connectivity index (χ3v) is 3.11. The van der Waals surface area contributed by atoms with Crippen molar-refractivity contribution in [2.75, 3.05) is 6.61 Å². The summed E-state index contributed by atoms with van der Waals surface area (Å²) in [6.45, 7) is 0.581. The Morgan fingerprint density at radius 2 is 2.13 bits per heavy atom. The summed E-state index contributed by atoms with van der Waals surface area (Å²) in [5.41, 5.74) is 8.48. The molecule has 23 heavy (non-hydrogen) atoms. The number of H-pyrrole nitrogens is 1. The molecule has 8 nitrogen and oxygen atoms in total. The minimum atomic E-state index is -0.511. The Morgan fingerprint density at radius 1 is 1.30 bits per heavy atom. The lowest BCUT2D eigenvalue weighted by Gasteiger charge is -1.97. The van der Waals surface area contributed by atoms with Crippen LogP contribution in [-0.4, -0.2) is 37.7 Å². The van der Waals surface area contributed by atoms with Gasteiger partial charge in [0.2, 0.25) is 5.91 Å². The van der Waals surface area contributed by atoms with Gasteiger partial charge in [0.15, 0.2) is 0 Å². The number of amides is 1. The summed E-state index contributed by atoms with van der Waals surface area (Å²) in [5.74, 6) is -0.511. The van der Waals surface area contributed by atoms with E-state index in [2.05, 4.69) is 20.5 Å². The predicted molar refractivity (Wildman–Crippen MR) is 82.0 cm³/mol. The molecule has 2 aromatic heterocycles. The van der Waals surface area contributed by atoms with Crippen molar-refractivity contribution in [1.29, 1.82) is 0 Å². The van der Waals surface area contributed by atoms with Crippen molar-refractivity contribution >= 4 is 5.91 Å². The van der Waals surface area contributed by atoms with Crippen molar-refractivity contribution in [2.45, 2.75) is 13.2 Å². The summed E-state index contributed by atoms with van der Waals surface area (Å²) in [4.78, 5) is 10.6. The smallest absolute Gasteiger partial charge is 0.243 e. The van der Waals surface area contributed by atoms with Gasteiger partial charge in [0.25, 0.3) is 0 Å². The van der Waals surface area contributed by atoms with Crippen molar-refractivity contribution < 1.29 is 9.53 Å². The number of carbonyl (C=O) groups excluding carboxylic acids is 1. The van der Waals surface area contributed by atoms with E-state index < -0.39 is 5.91 Å². The molecule has 0 fully saturated rings. The molecule has 0 radical (unpaired) electrons. The van der Waals surface area contributed by atoms with Crippen LogP contribution in [0.1, 0.15) is 11.4 Å². The minimum Gasteiger partial charge on any atom is -0.368 e. The molecule has 0 aliphatic carbocycles. The van der Waals surface area contributed by atoms with Crippen molar-refractivity contribution in [3.8, 4) is 11.3 Å². The lowest BCUT2D eigenvalue weighted by Crippen LogP contribution is -2.17. The van der Waals surface area contributed by atoms with E-state index in [4.69, 9.17) is 10.5 Å². The normalized spacial score (nSPS) is 10.8. The highest BCUT2D eigenvalue weighted by molar-refractivity contribution is 5.74. The molecule has 3 N–H and O–H groups in total. The fourth-order valence-corrected chi connectivity index (χ4v) is 2.11. The molecule has 0 bridgehead atoms. The second-order valence-electron chi connectivity index (χ2n) is 5.01. The zero-order valence-electron chi connectivity index (χ0n) is 12.3. The lowest BCUT2D eigenvalue weighted by atomic mass is 10.1. The molecule has 1 aromatic carbocycles. The first kappa shape index (κ1) is 14.9. The van der Waals surface area contributed by atoms with Gasteiger partial charge in [-0.3, -0.25) is 9.89 Å². The van der Waals surface area contributed by atoms with Crippen molar-refractivity contribution in [3.63, 3.8) is 0 Å². The summed E-state index contributed by atoms with van der Waals surface area (Å²) < 4.78 is 6.77.